The number of epoxide rings is 1. The predicted molar refractivity (Wildman–Crippen MR) is 132 cm³/mol. The van der Waals surface area contributed by atoms with Gasteiger partial charge in [-0.2, -0.15) is 0 Å². The van der Waals surface area contributed by atoms with Crippen LogP contribution in [0.1, 0.15) is 54.3 Å². The molecule has 0 N–H and O–H groups in total. The average molecular weight is 517 g/mol. The van der Waals surface area contributed by atoms with Gasteiger partial charge in [0.05, 0.1) is 35.5 Å². The molecule has 1 heterocycles. The van der Waals surface area contributed by atoms with Gasteiger partial charge in [-0.15, -0.1) is 0 Å². The predicted octanol–water partition coefficient (Wildman–Crippen LogP) is 4.25. The summed E-state index contributed by atoms with van der Waals surface area (Å²) in [6.07, 6.45) is 2.16. The number of ether oxygens (including phenoxy) is 5. The molecule has 0 amide bonds. The fourth-order valence-corrected chi connectivity index (χ4v) is 3.37. The highest BCUT2D eigenvalue weighted by Crippen LogP contribution is 2.29. The molecule has 194 valence electrons. The minimum atomic E-state index is -0.629. The van der Waals surface area contributed by atoms with Gasteiger partial charge in [0.25, 0.3) is 0 Å². The lowest BCUT2D eigenvalue weighted by Crippen LogP contribution is -2.12. The summed E-state index contributed by atoms with van der Waals surface area (Å²) >= 11 is 0. The van der Waals surface area contributed by atoms with Gasteiger partial charge in [-0.1, -0.05) is 0 Å². The largest absolute Gasteiger partial charge is 0.462 e. The van der Waals surface area contributed by atoms with Crippen LogP contribution < -0.4 is 9.47 Å². The third-order valence-electron chi connectivity index (χ3n) is 5.91. The number of benzene rings is 3. The normalized spacial score (nSPS) is 15.7. The van der Waals surface area contributed by atoms with Gasteiger partial charge < -0.3 is 23.7 Å². The Balaban J connectivity index is 1.11. The summed E-state index contributed by atoms with van der Waals surface area (Å²) in [6, 6.07) is 17.9. The lowest BCUT2D eigenvalue weighted by molar-refractivity contribution is 0.0471. The second-order valence-electron chi connectivity index (χ2n) is 9.00. The molecule has 5 rings (SSSR count). The van der Waals surface area contributed by atoms with E-state index in [1.54, 1.807) is 0 Å². The molecule has 1 unspecified atom stereocenters. The first kappa shape index (κ1) is 25.2. The average Bonchev–Trinajstić information content (AvgIpc) is 3.87. The highest BCUT2D eigenvalue weighted by atomic mass is 16.6. The van der Waals surface area contributed by atoms with Crippen LogP contribution in [0.15, 0.2) is 72.8 Å². The van der Waals surface area contributed by atoms with Crippen molar-refractivity contribution in [1.82, 2.24) is 0 Å². The first-order valence-corrected chi connectivity index (χ1v) is 12.1. The van der Waals surface area contributed by atoms with Crippen molar-refractivity contribution in [3.63, 3.8) is 0 Å². The summed E-state index contributed by atoms with van der Waals surface area (Å²) < 4.78 is 26.0. The number of rotatable bonds is 10. The third kappa shape index (κ3) is 6.83. The fourth-order valence-electron chi connectivity index (χ4n) is 3.37. The molecule has 2 fully saturated rings. The zero-order valence-electron chi connectivity index (χ0n) is 20.3. The number of carbonyl (C=O) groups is 4. The lowest BCUT2D eigenvalue weighted by Gasteiger charge is -2.08. The first-order chi connectivity index (χ1) is 18.4. The quantitative estimate of drug-likeness (QED) is 0.221. The molecule has 38 heavy (non-hydrogen) atoms. The molecule has 2 aliphatic rings. The maximum absolute atomic E-state index is 12.5. The SMILES string of the molecule is O=C(OCC1CC1)c1ccc(OC(=O)c2ccc(C(=O)Oc3ccc(C(=O)OCC4CO4)cc3)cc2)cc1. The van der Waals surface area contributed by atoms with Crippen molar-refractivity contribution >= 4 is 23.9 Å². The summed E-state index contributed by atoms with van der Waals surface area (Å²) in [5.74, 6) is -1.15. The van der Waals surface area contributed by atoms with Crippen LogP contribution in [0, 0.1) is 5.92 Å². The molecule has 1 atom stereocenters. The van der Waals surface area contributed by atoms with E-state index in [9.17, 15) is 19.2 Å². The van der Waals surface area contributed by atoms with Crippen LogP contribution in [0.25, 0.3) is 0 Å². The number of carbonyl (C=O) groups excluding carboxylic acids is 4. The second kappa shape index (κ2) is 11.3. The molecular formula is C29H24O9. The van der Waals surface area contributed by atoms with Crippen molar-refractivity contribution in [3.8, 4) is 11.5 Å². The van der Waals surface area contributed by atoms with Crippen LogP contribution in [0.5, 0.6) is 11.5 Å². The minimum Gasteiger partial charge on any atom is -0.462 e. The molecule has 1 aliphatic heterocycles. The molecule has 1 saturated heterocycles. The van der Waals surface area contributed by atoms with Crippen LogP contribution in [-0.4, -0.2) is 49.8 Å². The molecule has 0 aromatic heterocycles. The van der Waals surface area contributed by atoms with Gasteiger partial charge in [-0.25, -0.2) is 19.2 Å². The highest BCUT2D eigenvalue weighted by Gasteiger charge is 2.25. The molecule has 9 heteroatoms. The molecule has 0 bridgehead atoms. The summed E-state index contributed by atoms with van der Waals surface area (Å²) in [5.41, 5.74) is 1.17. The van der Waals surface area contributed by atoms with Crippen LogP contribution in [0.2, 0.25) is 0 Å². The van der Waals surface area contributed by atoms with E-state index in [2.05, 4.69) is 0 Å². The molecule has 1 aliphatic carbocycles. The number of hydrogen-bond acceptors (Lipinski definition) is 9. The van der Waals surface area contributed by atoms with E-state index < -0.39 is 23.9 Å². The molecular weight excluding hydrogens is 492 g/mol. The molecule has 0 radical (unpaired) electrons. The standard InChI is InChI=1S/C29H24O9/c30-26(35-15-18-1-2-18)19-7-11-23(12-8-19)37-28(32)21-3-5-22(6-4-21)29(33)38-24-13-9-20(10-14-24)27(31)36-17-25-16-34-25/h3-14,18,25H,1-2,15-17H2. The van der Waals surface area contributed by atoms with E-state index in [0.29, 0.717) is 30.3 Å². The van der Waals surface area contributed by atoms with Crippen molar-refractivity contribution in [1.29, 1.82) is 0 Å². The van der Waals surface area contributed by atoms with Crippen LogP contribution in [0.3, 0.4) is 0 Å². The van der Waals surface area contributed by atoms with Crippen molar-refractivity contribution in [2.45, 2.75) is 18.9 Å². The Labute approximate surface area is 218 Å². The highest BCUT2D eigenvalue weighted by molar-refractivity contribution is 5.95. The Morgan fingerprint density at radius 1 is 0.579 bits per heavy atom. The molecule has 3 aromatic carbocycles. The monoisotopic (exact) mass is 516 g/mol. The number of esters is 4. The van der Waals surface area contributed by atoms with Crippen LogP contribution in [0.4, 0.5) is 0 Å². The lowest BCUT2D eigenvalue weighted by atomic mass is 10.1. The van der Waals surface area contributed by atoms with Crippen molar-refractivity contribution < 1.29 is 42.9 Å². The van der Waals surface area contributed by atoms with Gasteiger partial charge in [0.2, 0.25) is 0 Å². The molecule has 3 aromatic rings. The Kier molecular flexibility index (Phi) is 7.46. The van der Waals surface area contributed by atoms with E-state index in [1.165, 1.54) is 72.8 Å². The van der Waals surface area contributed by atoms with E-state index >= 15 is 0 Å². The number of hydrogen-bond donors (Lipinski definition) is 0. The smallest absolute Gasteiger partial charge is 0.343 e. The van der Waals surface area contributed by atoms with Gasteiger partial charge in [0, 0.05) is 0 Å². The third-order valence-corrected chi connectivity index (χ3v) is 5.91. The Bertz CT molecular complexity index is 1220. The summed E-state index contributed by atoms with van der Waals surface area (Å²) in [7, 11) is 0. The topological polar surface area (TPSA) is 118 Å². The first-order valence-electron chi connectivity index (χ1n) is 12.1. The van der Waals surface area contributed by atoms with E-state index in [4.69, 9.17) is 23.7 Å². The Hall–Kier alpha value is -4.50. The summed E-state index contributed by atoms with van der Waals surface area (Å²) in [5, 5.41) is 0. The van der Waals surface area contributed by atoms with Gasteiger partial charge >= 0.3 is 23.9 Å². The summed E-state index contributed by atoms with van der Waals surface area (Å²) in [6.45, 7) is 1.23. The van der Waals surface area contributed by atoms with Crippen LogP contribution >= 0.6 is 0 Å². The molecule has 1 saturated carbocycles. The molecule has 9 nitrogen and oxygen atoms in total. The van der Waals surface area contributed by atoms with E-state index in [1.807, 2.05) is 0 Å². The maximum Gasteiger partial charge on any atom is 0.343 e. The molecule has 0 spiro atoms. The zero-order chi connectivity index (χ0) is 26.5. The zero-order valence-corrected chi connectivity index (χ0v) is 20.3. The van der Waals surface area contributed by atoms with Crippen molar-refractivity contribution in [2.75, 3.05) is 19.8 Å². The van der Waals surface area contributed by atoms with Gasteiger partial charge in [0.1, 0.15) is 24.2 Å². The van der Waals surface area contributed by atoms with Crippen molar-refractivity contribution in [2.24, 2.45) is 5.92 Å². The Morgan fingerprint density at radius 2 is 0.947 bits per heavy atom. The Morgan fingerprint density at radius 3 is 1.34 bits per heavy atom. The van der Waals surface area contributed by atoms with Crippen LogP contribution in [-0.2, 0) is 14.2 Å². The van der Waals surface area contributed by atoms with Gasteiger partial charge in [-0.3, -0.25) is 0 Å². The van der Waals surface area contributed by atoms with E-state index in [0.717, 1.165) is 12.8 Å². The van der Waals surface area contributed by atoms with Gasteiger partial charge in [-0.05, 0) is 91.6 Å². The van der Waals surface area contributed by atoms with Gasteiger partial charge in [0.15, 0.2) is 0 Å². The maximum atomic E-state index is 12.5. The van der Waals surface area contributed by atoms with Crippen molar-refractivity contribution in [3.05, 3.63) is 95.1 Å². The fraction of sp³-hybridized carbons (Fsp3) is 0.241. The summed E-state index contributed by atoms with van der Waals surface area (Å²) in [4.78, 5) is 49.0. The minimum absolute atomic E-state index is 0.0209. The second-order valence-corrected chi connectivity index (χ2v) is 9.00. The van der Waals surface area contributed by atoms with E-state index in [-0.39, 0.29) is 35.3 Å².